The van der Waals surface area contributed by atoms with Gasteiger partial charge in [0.15, 0.2) is 0 Å². The second-order valence-electron chi connectivity index (χ2n) is 1.31. The fourth-order valence-corrected chi connectivity index (χ4v) is 0.426. The van der Waals surface area contributed by atoms with Crippen molar-refractivity contribution >= 4 is 9.47 Å². The maximum Gasteiger partial charge on any atom is 0.100 e. The van der Waals surface area contributed by atoms with Crippen LogP contribution in [-0.2, 0) is 4.52 Å². The Balaban J connectivity index is 2.45. The second kappa shape index (κ2) is 6.35. The van der Waals surface area contributed by atoms with Gasteiger partial charge in [0.1, 0.15) is 6.73 Å². The summed E-state index contributed by atoms with van der Waals surface area (Å²) in [5, 5.41) is 3.04. The molecule has 0 bridgehead atoms. The zero-order valence-corrected chi connectivity index (χ0v) is 5.76. The first-order chi connectivity index (χ1) is 3.41. The largest absolute Gasteiger partial charge is 0.351 e. The minimum absolute atomic E-state index is 0.637. The summed E-state index contributed by atoms with van der Waals surface area (Å²) in [7, 11) is 2.19. The van der Waals surface area contributed by atoms with Crippen LogP contribution in [-0.4, -0.2) is 13.3 Å². The summed E-state index contributed by atoms with van der Waals surface area (Å²) in [6.45, 7) is 3.79. The van der Waals surface area contributed by atoms with Crippen molar-refractivity contribution < 1.29 is 4.52 Å². The van der Waals surface area contributed by atoms with Crippen molar-refractivity contribution in [3.63, 3.8) is 0 Å². The first-order valence-electron chi connectivity index (χ1n) is 2.44. The van der Waals surface area contributed by atoms with Gasteiger partial charge in [-0.15, -0.1) is 0 Å². The van der Waals surface area contributed by atoms with Crippen LogP contribution in [0.1, 0.15) is 13.3 Å². The molecule has 0 radical (unpaired) electrons. The fraction of sp³-hybridized carbons (Fsp3) is 1.00. The SMILES string of the molecule is CCCNCOP. The van der Waals surface area contributed by atoms with Gasteiger partial charge in [-0.2, -0.15) is 0 Å². The highest BCUT2D eigenvalue weighted by molar-refractivity contribution is 7.09. The lowest BCUT2D eigenvalue weighted by molar-refractivity contribution is 0.330. The Bertz CT molecular complexity index is 30.9. The van der Waals surface area contributed by atoms with E-state index in [0.29, 0.717) is 6.73 Å². The van der Waals surface area contributed by atoms with Gasteiger partial charge in [0.25, 0.3) is 0 Å². The van der Waals surface area contributed by atoms with Gasteiger partial charge in [0, 0.05) is 9.47 Å². The average molecular weight is 121 g/mol. The second-order valence-corrected chi connectivity index (χ2v) is 1.64. The van der Waals surface area contributed by atoms with E-state index in [4.69, 9.17) is 0 Å². The number of hydrogen-bond acceptors (Lipinski definition) is 2. The van der Waals surface area contributed by atoms with Crippen molar-refractivity contribution in [2.45, 2.75) is 13.3 Å². The van der Waals surface area contributed by atoms with E-state index >= 15 is 0 Å². The highest BCUT2D eigenvalue weighted by atomic mass is 31.0. The predicted molar refractivity (Wildman–Crippen MR) is 34.0 cm³/mol. The predicted octanol–water partition coefficient (Wildman–Crippen LogP) is 0.750. The van der Waals surface area contributed by atoms with Crippen LogP contribution >= 0.6 is 9.47 Å². The molecule has 0 spiro atoms. The number of hydrogen-bond donors (Lipinski definition) is 1. The van der Waals surface area contributed by atoms with E-state index in [2.05, 4.69) is 26.2 Å². The summed E-state index contributed by atoms with van der Waals surface area (Å²) in [6, 6.07) is 0. The van der Waals surface area contributed by atoms with Crippen LogP contribution < -0.4 is 5.32 Å². The lowest BCUT2D eigenvalue weighted by atomic mass is 10.5. The third kappa shape index (κ3) is 6.35. The molecule has 7 heavy (non-hydrogen) atoms. The molecule has 1 atom stereocenters. The molecule has 0 rings (SSSR count). The van der Waals surface area contributed by atoms with Crippen LogP contribution in [0.4, 0.5) is 0 Å². The fourth-order valence-electron chi connectivity index (χ4n) is 0.308. The Morgan fingerprint density at radius 2 is 2.43 bits per heavy atom. The Morgan fingerprint density at radius 3 is 2.86 bits per heavy atom. The highest BCUT2D eigenvalue weighted by Gasteiger charge is 1.76. The van der Waals surface area contributed by atoms with E-state index in [1.165, 1.54) is 0 Å². The van der Waals surface area contributed by atoms with E-state index in [1.54, 1.807) is 0 Å². The molecule has 0 aliphatic rings. The molecule has 0 aromatic rings. The molecule has 1 N–H and O–H groups in total. The van der Waals surface area contributed by atoms with Gasteiger partial charge in [-0.25, -0.2) is 0 Å². The van der Waals surface area contributed by atoms with E-state index in [1.807, 2.05) is 0 Å². The summed E-state index contributed by atoms with van der Waals surface area (Å²) in [5.74, 6) is 0. The van der Waals surface area contributed by atoms with Crippen molar-refractivity contribution in [1.82, 2.24) is 5.32 Å². The average Bonchev–Trinajstić information content (AvgIpc) is 1.69. The van der Waals surface area contributed by atoms with E-state index in [9.17, 15) is 0 Å². The molecule has 0 fully saturated rings. The molecule has 0 heterocycles. The molecular formula is C4H12NOP. The Morgan fingerprint density at radius 1 is 1.71 bits per heavy atom. The molecular weight excluding hydrogens is 109 g/mol. The Kier molecular flexibility index (Phi) is 6.67. The van der Waals surface area contributed by atoms with Crippen molar-refractivity contribution in [3.8, 4) is 0 Å². The van der Waals surface area contributed by atoms with Gasteiger partial charge < -0.3 is 4.52 Å². The third-order valence-electron chi connectivity index (χ3n) is 0.612. The van der Waals surface area contributed by atoms with Crippen LogP contribution in [0.5, 0.6) is 0 Å². The van der Waals surface area contributed by atoms with Gasteiger partial charge >= 0.3 is 0 Å². The lowest BCUT2D eigenvalue weighted by Crippen LogP contribution is -2.15. The van der Waals surface area contributed by atoms with Crippen LogP contribution in [0.2, 0.25) is 0 Å². The molecule has 0 aliphatic heterocycles. The molecule has 0 aliphatic carbocycles. The summed E-state index contributed by atoms with van der Waals surface area (Å²) in [4.78, 5) is 0. The molecule has 1 unspecified atom stereocenters. The number of rotatable bonds is 4. The summed E-state index contributed by atoms with van der Waals surface area (Å²) in [5.41, 5.74) is 0. The summed E-state index contributed by atoms with van der Waals surface area (Å²) >= 11 is 0. The first kappa shape index (κ1) is 7.35. The van der Waals surface area contributed by atoms with Crippen LogP contribution in [0.15, 0.2) is 0 Å². The number of nitrogens with one attached hydrogen (secondary N) is 1. The van der Waals surface area contributed by atoms with Crippen molar-refractivity contribution in [1.29, 1.82) is 0 Å². The van der Waals surface area contributed by atoms with Gasteiger partial charge in [0.05, 0.1) is 0 Å². The summed E-state index contributed by atoms with van der Waals surface area (Å²) in [6.07, 6.45) is 1.16. The minimum Gasteiger partial charge on any atom is -0.351 e. The van der Waals surface area contributed by atoms with E-state index in [-0.39, 0.29) is 0 Å². The summed E-state index contributed by atoms with van der Waals surface area (Å²) < 4.78 is 4.65. The first-order valence-corrected chi connectivity index (χ1v) is 2.91. The van der Waals surface area contributed by atoms with Crippen LogP contribution in [0.3, 0.4) is 0 Å². The molecule has 3 heteroatoms. The van der Waals surface area contributed by atoms with Crippen molar-refractivity contribution in [2.24, 2.45) is 0 Å². The third-order valence-corrected chi connectivity index (χ3v) is 0.779. The zero-order valence-electron chi connectivity index (χ0n) is 4.61. The monoisotopic (exact) mass is 121 g/mol. The molecule has 0 aromatic carbocycles. The van der Waals surface area contributed by atoms with Gasteiger partial charge in [-0.3, -0.25) is 5.32 Å². The standard InChI is InChI=1S/C4H12NOP/c1-2-3-5-4-6-7/h5H,2-4,7H2,1H3. The highest BCUT2D eigenvalue weighted by Crippen LogP contribution is 1.78. The zero-order chi connectivity index (χ0) is 5.54. The minimum atomic E-state index is 0.637. The normalized spacial score (nSPS) is 9.43. The van der Waals surface area contributed by atoms with Gasteiger partial charge in [0.2, 0.25) is 0 Å². The molecule has 44 valence electrons. The topological polar surface area (TPSA) is 21.3 Å². The van der Waals surface area contributed by atoms with Crippen LogP contribution in [0, 0.1) is 0 Å². The molecule has 0 aromatic heterocycles. The smallest absolute Gasteiger partial charge is 0.100 e. The van der Waals surface area contributed by atoms with Crippen LogP contribution in [0.25, 0.3) is 0 Å². The van der Waals surface area contributed by atoms with Crippen molar-refractivity contribution in [2.75, 3.05) is 13.3 Å². The van der Waals surface area contributed by atoms with Gasteiger partial charge in [-0.05, 0) is 13.0 Å². The Hall–Kier alpha value is 0.350. The molecule has 2 nitrogen and oxygen atoms in total. The Labute approximate surface area is 46.9 Å². The molecule has 0 saturated carbocycles. The van der Waals surface area contributed by atoms with Crippen molar-refractivity contribution in [3.05, 3.63) is 0 Å². The lowest BCUT2D eigenvalue weighted by Gasteiger charge is -1.96. The quantitative estimate of drug-likeness (QED) is 0.336. The van der Waals surface area contributed by atoms with E-state index in [0.717, 1.165) is 13.0 Å². The maximum absolute atomic E-state index is 4.65. The molecule has 0 saturated heterocycles. The van der Waals surface area contributed by atoms with E-state index < -0.39 is 0 Å². The van der Waals surface area contributed by atoms with Gasteiger partial charge in [-0.1, -0.05) is 6.92 Å². The molecule has 0 amide bonds. The maximum atomic E-state index is 4.65.